The van der Waals surface area contributed by atoms with Gasteiger partial charge in [-0.1, -0.05) is 0 Å². The SMILES string of the molecule is CN(C)[C@@H]1CCN(C2CN(C(C)(C)C)C2)C1. The Kier molecular flexibility index (Phi) is 3.30. The van der Waals surface area contributed by atoms with Gasteiger partial charge in [0, 0.05) is 43.8 Å². The summed E-state index contributed by atoms with van der Waals surface area (Å²) in [6.07, 6.45) is 1.35. The van der Waals surface area contributed by atoms with Crippen molar-refractivity contribution in [3.8, 4) is 0 Å². The van der Waals surface area contributed by atoms with Crippen molar-refractivity contribution in [3.05, 3.63) is 0 Å². The molecular formula is C13H27N3. The molecule has 0 aliphatic carbocycles. The van der Waals surface area contributed by atoms with Crippen LogP contribution in [-0.4, -0.2) is 72.6 Å². The predicted octanol–water partition coefficient (Wildman–Crippen LogP) is 1.10. The quantitative estimate of drug-likeness (QED) is 0.697. The average molecular weight is 225 g/mol. The van der Waals surface area contributed by atoms with Gasteiger partial charge in [-0.15, -0.1) is 0 Å². The third-order valence-corrected chi connectivity index (χ3v) is 4.25. The molecule has 0 aromatic carbocycles. The summed E-state index contributed by atoms with van der Waals surface area (Å²) in [5, 5.41) is 0. The Balaban J connectivity index is 1.77. The molecule has 0 saturated carbocycles. The van der Waals surface area contributed by atoms with Crippen LogP contribution in [0.25, 0.3) is 0 Å². The first kappa shape index (κ1) is 12.3. The first-order valence-corrected chi connectivity index (χ1v) is 6.53. The Hall–Kier alpha value is -0.120. The van der Waals surface area contributed by atoms with Crippen LogP contribution in [0.5, 0.6) is 0 Å². The standard InChI is InChI=1S/C13H27N3/c1-13(2,3)16-9-12(10-16)15-7-6-11(8-15)14(4)5/h11-12H,6-10H2,1-5H3/t11-/m1/s1. The third kappa shape index (κ3) is 2.41. The zero-order chi connectivity index (χ0) is 11.9. The first-order chi connectivity index (χ1) is 7.38. The molecule has 94 valence electrons. The van der Waals surface area contributed by atoms with Crippen molar-refractivity contribution in [3.63, 3.8) is 0 Å². The van der Waals surface area contributed by atoms with Crippen molar-refractivity contribution < 1.29 is 0 Å². The Morgan fingerprint density at radius 2 is 1.69 bits per heavy atom. The molecule has 0 unspecified atom stereocenters. The zero-order valence-electron chi connectivity index (χ0n) is 11.5. The summed E-state index contributed by atoms with van der Waals surface area (Å²) in [7, 11) is 4.41. The molecule has 2 saturated heterocycles. The number of likely N-dealkylation sites (N-methyl/N-ethyl adjacent to an activating group) is 1. The molecule has 1 atom stereocenters. The molecule has 0 spiro atoms. The average Bonchev–Trinajstić information content (AvgIpc) is 2.46. The van der Waals surface area contributed by atoms with Gasteiger partial charge in [-0.3, -0.25) is 9.80 Å². The minimum absolute atomic E-state index is 0.358. The second-order valence-electron chi connectivity index (χ2n) is 6.63. The van der Waals surface area contributed by atoms with E-state index in [1.54, 1.807) is 0 Å². The molecule has 2 heterocycles. The highest BCUT2D eigenvalue weighted by Crippen LogP contribution is 2.27. The molecule has 2 fully saturated rings. The molecule has 0 aromatic rings. The topological polar surface area (TPSA) is 9.72 Å². The van der Waals surface area contributed by atoms with Gasteiger partial charge in [0.05, 0.1) is 0 Å². The molecule has 2 aliphatic heterocycles. The fraction of sp³-hybridized carbons (Fsp3) is 1.00. The molecular weight excluding hydrogens is 198 g/mol. The van der Waals surface area contributed by atoms with Crippen LogP contribution in [0.4, 0.5) is 0 Å². The highest BCUT2D eigenvalue weighted by Gasteiger charge is 2.39. The van der Waals surface area contributed by atoms with E-state index in [0.717, 1.165) is 12.1 Å². The highest BCUT2D eigenvalue weighted by atomic mass is 15.4. The lowest BCUT2D eigenvalue weighted by Gasteiger charge is -2.50. The summed E-state index contributed by atoms with van der Waals surface area (Å²) in [4.78, 5) is 7.65. The van der Waals surface area contributed by atoms with Gasteiger partial charge in [0.2, 0.25) is 0 Å². The summed E-state index contributed by atoms with van der Waals surface area (Å²) in [5.74, 6) is 0. The van der Waals surface area contributed by atoms with E-state index in [1.165, 1.54) is 32.6 Å². The number of likely N-dealkylation sites (tertiary alicyclic amines) is 2. The number of hydrogen-bond donors (Lipinski definition) is 0. The van der Waals surface area contributed by atoms with E-state index >= 15 is 0 Å². The zero-order valence-corrected chi connectivity index (χ0v) is 11.5. The van der Waals surface area contributed by atoms with Gasteiger partial charge in [0.1, 0.15) is 0 Å². The van der Waals surface area contributed by atoms with E-state index in [2.05, 4.69) is 49.6 Å². The lowest BCUT2D eigenvalue weighted by molar-refractivity contribution is -0.0153. The third-order valence-electron chi connectivity index (χ3n) is 4.25. The number of hydrogen-bond acceptors (Lipinski definition) is 3. The van der Waals surface area contributed by atoms with E-state index in [4.69, 9.17) is 0 Å². The van der Waals surface area contributed by atoms with Crippen molar-refractivity contribution >= 4 is 0 Å². The highest BCUT2D eigenvalue weighted by molar-refractivity contribution is 4.97. The Labute approximate surface area is 100 Å². The van der Waals surface area contributed by atoms with Gasteiger partial charge in [-0.25, -0.2) is 0 Å². The lowest BCUT2D eigenvalue weighted by atomic mass is 9.97. The maximum atomic E-state index is 2.69. The van der Waals surface area contributed by atoms with Gasteiger partial charge in [0.25, 0.3) is 0 Å². The van der Waals surface area contributed by atoms with Crippen molar-refractivity contribution in [1.29, 1.82) is 0 Å². The van der Waals surface area contributed by atoms with E-state index in [9.17, 15) is 0 Å². The minimum atomic E-state index is 0.358. The van der Waals surface area contributed by atoms with Crippen LogP contribution in [0.2, 0.25) is 0 Å². The summed E-state index contributed by atoms with van der Waals surface area (Å²) in [5.41, 5.74) is 0.358. The molecule has 16 heavy (non-hydrogen) atoms. The molecule has 0 aromatic heterocycles. The largest absolute Gasteiger partial charge is 0.305 e. The van der Waals surface area contributed by atoms with E-state index in [-0.39, 0.29) is 0 Å². The minimum Gasteiger partial charge on any atom is -0.305 e. The van der Waals surface area contributed by atoms with E-state index < -0.39 is 0 Å². The second kappa shape index (κ2) is 4.28. The Morgan fingerprint density at radius 3 is 2.12 bits per heavy atom. The maximum absolute atomic E-state index is 2.69. The fourth-order valence-corrected chi connectivity index (χ4v) is 2.76. The molecule has 2 rings (SSSR count). The van der Waals surface area contributed by atoms with Crippen LogP contribution in [0, 0.1) is 0 Å². The summed E-state index contributed by atoms with van der Waals surface area (Å²) in [6, 6.07) is 1.60. The van der Waals surface area contributed by atoms with Crippen LogP contribution in [0.3, 0.4) is 0 Å². The molecule has 0 N–H and O–H groups in total. The van der Waals surface area contributed by atoms with Gasteiger partial charge in [0.15, 0.2) is 0 Å². The molecule has 2 aliphatic rings. The van der Waals surface area contributed by atoms with Gasteiger partial charge in [-0.05, 0) is 41.3 Å². The van der Waals surface area contributed by atoms with Crippen LogP contribution >= 0.6 is 0 Å². The van der Waals surface area contributed by atoms with Gasteiger partial charge < -0.3 is 4.90 Å². The maximum Gasteiger partial charge on any atom is 0.0351 e. The van der Waals surface area contributed by atoms with Gasteiger partial charge in [-0.2, -0.15) is 0 Å². The molecule has 0 radical (unpaired) electrons. The van der Waals surface area contributed by atoms with E-state index in [0.29, 0.717) is 5.54 Å². The normalized spacial score (nSPS) is 30.0. The molecule has 0 bridgehead atoms. The van der Waals surface area contributed by atoms with Crippen molar-refractivity contribution in [2.24, 2.45) is 0 Å². The number of nitrogens with zero attached hydrogens (tertiary/aromatic N) is 3. The second-order valence-corrected chi connectivity index (χ2v) is 6.63. The predicted molar refractivity (Wildman–Crippen MR) is 68.8 cm³/mol. The van der Waals surface area contributed by atoms with Crippen molar-refractivity contribution in [2.75, 3.05) is 40.3 Å². The van der Waals surface area contributed by atoms with Crippen LogP contribution < -0.4 is 0 Å². The molecule has 3 nitrogen and oxygen atoms in total. The summed E-state index contributed by atoms with van der Waals surface area (Å²) >= 11 is 0. The van der Waals surface area contributed by atoms with E-state index in [1.807, 2.05) is 0 Å². The Morgan fingerprint density at radius 1 is 1.06 bits per heavy atom. The number of rotatable bonds is 2. The first-order valence-electron chi connectivity index (χ1n) is 6.53. The van der Waals surface area contributed by atoms with Crippen LogP contribution in [0.1, 0.15) is 27.2 Å². The smallest absolute Gasteiger partial charge is 0.0351 e. The monoisotopic (exact) mass is 225 g/mol. The van der Waals surface area contributed by atoms with Crippen molar-refractivity contribution in [2.45, 2.75) is 44.8 Å². The van der Waals surface area contributed by atoms with Crippen molar-refractivity contribution in [1.82, 2.24) is 14.7 Å². The summed E-state index contributed by atoms with van der Waals surface area (Å²) in [6.45, 7) is 12.1. The Bertz CT molecular complexity index is 238. The van der Waals surface area contributed by atoms with Crippen LogP contribution in [-0.2, 0) is 0 Å². The summed E-state index contributed by atoms with van der Waals surface area (Å²) < 4.78 is 0. The lowest BCUT2D eigenvalue weighted by Crippen LogP contribution is -2.64. The molecule has 3 heteroatoms. The van der Waals surface area contributed by atoms with Crippen LogP contribution in [0.15, 0.2) is 0 Å². The molecule has 0 amide bonds. The van der Waals surface area contributed by atoms with Gasteiger partial charge >= 0.3 is 0 Å². The fourth-order valence-electron chi connectivity index (χ4n) is 2.76.